The van der Waals surface area contributed by atoms with Crippen LogP contribution in [0.2, 0.25) is 0 Å². The number of rotatable bonds is 7. The fraction of sp³-hybridized carbons (Fsp3) is 0.944. The zero-order valence-electron chi connectivity index (χ0n) is 16.4. The van der Waals surface area contributed by atoms with Crippen LogP contribution < -0.4 is 10.6 Å². The maximum atomic E-state index is 5.39. The van der Waals surface area contributed by atoms with E-state index in [1.165, 1.54) is 58.3 Å². The fourth-order valence-corrected chi connectivity index (χ4v) is 3.86. The first-order valence-corrected chi connectivity index (χ1v) is 9.66. The zero-order chi connectivity index (χ0) is 17.3. The van der Waals surface area contributed by atoms with Crippen LogP contribution in [0.1, 0.15) is 39.0 Å². The van der Waals surface area contributed by atoms with Crippen LogP contribution in [0.15, 0.2) is 4.99 Å². The third-order valence-corrected chi connectivity index (χ3v) is 5.50. The fourth-order valence-electron chi connectivity index (χ4n) is 3.86. The minimum atomic E-state index is 0. The Labute approximate surface area is 171 Å². The van der Waals surface area contributed by atoms with Crippen molar-refractivity contribution in [1.82, 2.24) is 20.4 Å². The number of piperidine rings is 2. The normalized spacial score (nSPS) is 22.3. The van der Waals surface area contributed by atoms with E-state index in [1.807, 2.05) is 14.0 Å². The number of guanidine groups is 1. The molecule has 2 heterocycles. The molecule has 0 spiro atoms. The summed E-state index contributed by atoms with van der Waals surface area (Å²) in [6.45, 7) is 10.2. The van der Waals surface area contributed by atoms with Gasteiger partial charge in [-0.1, -0.05) is 6.42 Å². The zero-order valence-corrected chi connectivity index (χ0v) is 18.7. The highest BCUT2D eigenvalue weighted by Gasteiger charge is 2.39. The van der Waals surface area contributed by atoms with Crippen molar-refractivity contribution in [3.8, 4) is 0 Å². The Bertz CT molecular complexity index is 380. The Morgan fingerprint density at radius 2 is 1.76 bits per heavy atom. The third kappa shape index (κ3) is 7.19. The second kappa shape index (κ2) is 12.3. The molecule has 25 heavy (non-hydrogen) atoms. The molecule has 148 valence electrons. The average Bonchev–Trinajstić information content (AvgIpc) is 2.63. The molecular formula is C18H38IN5O. The van der Waals surface area contributed by atoms with E-state index < -0.39 is 0 Å². The highest BCUT2D eigenvalue weighted by Crippen LogP contribution is 2.30. The van der Waals surface area contributed by atoms with Crippen molar-refractivity contribution in [2.24, 2.45) is 4.99 Å². The standard InChI is InChI=1S/C18H37N5O.HI/c1-4-24-15-10-20-17(19-2)21-16-18(8-13-22(3)14-9-18)23-11-6-5-7-12-23;/h4-16H2,1-3H3,(H2,19,20,21);1H. The van der Waals surface area contributed by atoms with Crippen LogP contribution in [0.25, 0.3) is 0 Å². The van der Waals surface area contributed by atoms with E-state index in [1.54, 1.807) is 0 Å². The lowest BCUT2D eigenvalue weighted by Crippen LogP contribution is -2.62. The molecule has 0 bridgehead atoms. The Morgan fingerprint density at radius 1 is 1.08 bits per heavy atom. The summed E-state index contributed by atoms with van der Waals surface area (Å²) < 4.78 is 5.39. The molecule has 2 N–H and O–H groups in total. The molecule has 2 aliphatic heterocycles. The van der Waals surface area contributed by atoms with Crippen LogP contribution in [-0.2, 0) is 4.74 Å². The Hall–Kier alpha value is -0.120. The molecule has 0 aliphatic carbocycles. The first kappa shape index (κ1) is 22.9. The van der Waals surface area contributed by atoms with Crippen molar-refractivity contribution in [3.05, 3.63) is 0 Å². The second-order valence-electron chi connectivity index (χ2n) is 7.12. The van der Waals surface area contributed by atoms with Gasteiger partial charge >= 0.3 is 0 Å². The summed E-state index contributed by atoms with van der Waals surface area (Å²) in [7, 11) is 4.08. The van der Waals surface area contributed by atoms with Crippen LogP contribution in [0.3, 0.4) is 0 Å². The quantitative estimate of drug-likeness (QED) is 0.259. The summed E-state index contributed by atoms with van der Waals surface area (Å²) in [5, 5.41) is 6.95. The molecule has 2 saturated heterocycles. The Kier molecular flexibility index (Phi) is 11.3. The van der Waals surface area contributed by atoms with Crippen LogP contribution >= 0.6 is 24.0 Å². The van der Waals surface area contributed by atoms with E-state index in [9.17, 15) is 0 Å². The number of aliphatic imine (C=N–C) groups is 1. The first-order valence-electron chi connectivity index (χ1n) is 9.66. The average molecular weight is 467 g/mol. The molecule has 2 rings (SSSR count). The van der Waals surface area contributed by atoms with Crippen molar-refractivity contribution in [2.45, 2.75) is 44.6 Å². The molecule has 0 aromatic carbocycles. The van der Waals surface area contributed by atoms with Gasteiger partial charge in [0.1, 0.15) is 0 Å². The summed E-state index contributed by atoms with van der Waals surface area (Å²) in [5.41, 5.74) is 0.282. The van der Waals surface area contributed by atoms with Crippen molar-refractivity contribution < 1.29 is 4.74 Å². The van der Waals surface area contributed by atoms with E-state index in [0.717, 1.165) is 32.3 Å². The lowest BCUT2D eigenvalue weighted by atomic mass is 9.84. The van der Waals surface area contributed by atoms with Gasteiger partial charge in [0.2, 0.25) is 0 Å². The van der Waals surface area contributed by atoms with E-state index in [4.69, 9.17) is 4.74 Å². The van der Waals surface area contributed by atoms with Gasteiger partial charge in [-0.25, -0.2) is 0 Å². The van der Waals surface area contributed by atoms with Crippen LogP contribution in [0.5, 0.6) is 0 Å². The minimum absolute atomic E-state index is 0. The van der Waals surface area contributed by atoms with Gasteiger partial charge in [0.15, 0.2) is 5.96 Å². The lowest BCUT2D eigenvalue weighted by Gasteiger charge is -2.50. The van der Waals surface area contributed by atoms with Crippen molar-refractivity contribution in [1.29, 1.82) is 0 Å². The van der Waals surface area contributed by atoms with Crippen molar-refractivity contribution in [3.63, 3.8) is 0 Å². The lowest BCUT2D eigenvalue weighted by molar-refractivity contribution is 0.0173. The highest BCUT2D eigenvalue weighted by atomic mass is 127. The second-order valence-corrected chi connectivity index (χ2v) is 7.12. The van der Waals surface area contributed by atoms with E-state index in [2.05, 4.69) is 32.5 Å². The van der Waals surface area contributed by atoms with Crippen molar-refractivity contribution in [2.75, 3.05) is 66.6 Å². The highest BCUT2D eigenvalue weighted by molar-refractivity contribution is 14.0. The molecule has 0 aromatic heterocycles. The number of nitrogens with one attached hydrogen (secondary N) is 2. The molecule has 0 atom stereocenters. The van der Waals surface area contributed by atoms with Gasteiger partial charge in [0, 0.05) is 32.3 Å². The monoisotopic (exact) mass is 467 g/mol. The van der Waals surface area contributed by atoms with Gasteiger partial charge in [-0.2, -0.15) is 0 Å². The predicted octanol–water partition coefficient (Wildman–Crippen LogP) is 1.76. The molecule has 7 heteroatoms. The van der Waals surface area contributed by atoms with Gasteiger partial charge in [-0.3, -0.25) is 9.89 Å². The largest absolute Gasteiger partial charge is 0.380 e. The molecule has 0 saturated carbocycles. The summed E-state index contributed by atoms with van der Waals surface area (Å²) in [6.07, 6.45) is 6.57. The number of ether oxygens (including phenoxy) is 1. The summed E-state index contributed by atoms with van der Waals surface area (Å²) >= 11 is 0. The Morgan fingerprint density at radius 3 is 2.36 bits per heavy atom. The molecule has 2 aliphatic rings. The number of nitrogens with zero attached hydrogens (tertiary/aromatic N) is 3. The van der Waals surface area contributed by atoms with Gasteiger partial charge in [-0.05, 0) is 65.8 Å². The molecule has 0 amide bonds. The van der Waals surface area contributed by atoms with Gasteiger partial charge in [-0.15, -0.1) is 24.0 Å². The van der Waals surface area contributed by atoms with Crippen molar-refractivity contribution >= 4 is 29.9 Å². The van der Waals surface area contributed by atoms with Crippen LogP contribution in [0.4, 0.5) is 0 Å². The van der Waals surface area contributed by atoms with Gasteiger partial charge < -0.3 is 20.3 Å². The minimum Gasteiger partial charge on any atom is -0.380 e. The summed E-state index contributed by atoms with van der Waals surface area (Å²) in [5.74, 6) is 0.894. The Balaban J connectivity index is 0.00000312. The van der Waals surface area contributed by atoms with E-state index in [-0.39, 0.29) is 29.5 Å². The topological polar surface area (TPSA) is 52.1 Å². The maximum absolute atomic E-state index is 5.39. The summed E-state index contributed by atoms with van der Waals surface area (Å²) in [6, 6.07) is 0. The van der Waals surface area contributed by atoms with Gasteiger partial charge in [0.25, 0.3) is 0 Å². The van der Waals surface area contributed by atoms with Gasteiger partial charge in [0.05, 0.1) is 6.61 Å². The maximum Gasteiger partial charge on any atom is 0.191 e. The molecule has 0 unspecified atom stereocenters. The first-order chi connectivity index (χ1) is 11.7. The van der Waals surface area contributed by atoms with E-state index in [0.29, 0.717) is 0 Å². The number of hydrogen-bond donors (Lipinski definition) is 2. The predicted molar refractivity (Wildman–Crippen MR) is 116 cm³/mol. The smallest absolute Gasteiger partial charge is 0.191 e. The number of halogens is 1. The molecule has 2 fully saturated rings. The van der Waals surface area contributed by atoms with Crippen LogP contribution in [-0.4, -0.2) is 87.9 Å². The SMILES string of the molecule is CCOCCNC(=NC)NCC1(N2CCCCC2)CCN(C)CC1.I. The number of likely N-dealkylation sites (tertiary alicyclic amines) is 2. The molecular weight excluding hydrogens is 429 g/mol. The van der Waals surface area contributed by atoms with Crippen LogP contribution in [0, 0.1) is 0 Å². The van der Waals surface area contributed by atoms with E-state index >= 15 is 0 Å². The third-order valence-electron chi connectivity index (χ3n) is 5.50. The molecule has 0 aromatic rings. The molecule has 6 nitrogen and oxygen atoms in total. The molecule has 0 radical (unpaired) electrons. The summed E-state index contributed by atoms with van der Waals surface area (Å²) in [4.78, 5) is 9.58. The number of hydrogen-bond acceptors (Lipinski definition) is 4.